The van der Waals surface area contributed by atoms with Gasteiger partial charge >= 0.3 is 6.36 Å². The molecule has 2 rings (SSSR count). The largest absolute Gasteiger partial charge is 0.573 e. The summed E-state index contributed by atoms with van der Waals surface area (Å²) in [5.41, 5.74) is 2.98. The summed E-state index contributed by atoms with van der Waals surface area (Å²) in [6.07, 6.45) is -4.69. The van der Waals surface area contributed by atoms with Crippen molar-refractivity contribution < 1.29 is 17.9 Å². The van der Waals surface area contributed by atoms with E-state index < -0.39 is 6.36 Å². The Hall–Kier alpha value is -2.48. The Kier molecular flexibility index (Phi) is 3.66. The van der Waals surface area contributed by atoms with Gasteiger partial charge in [0.15, 0.2) is 0 Å². The smallest absolute Gasteiger partial charge is 0.406 e. The zero-order chi connectivity index (χ0) is 14.8. The fraction of sp³-hybridized carbons (Fsp3) is 0.133. The van der Waals surface area contributed by atoms with Crippen LogP contribution in [0.5, 0.6) is 5.75 Å². The van der Waals surface area contributed by atoms with Crippen molar-refractivity contribution in [3.8, 4) is 22.9 Å². The molecule has 2 aromatic carbocycles. The van der Waals surface area contributed by atoms with Crippen LogP contribution in [-0.4, -0.2) is 6.36 Å². The minimum atomic E-state index is -4.69. The zero-order valence-corrected chi connectivity index (χ0v) is 10.5. The molecule has 5 heteroatoms. The number of hydrogen-bond acceptors (Lipinski definition) is 2. The van der Waals surface area contributed by atoms with Gasteiger partial charge in [-0.15, -0.1) is 13.2 Å². The molecular formula is C15H10F3NO. The average Bonchev–Trinajstić information content (AvgIpc) is 2.37. The Bertz CT molecular complexity index is 654. The molecule has 0 saturated heterocycles. The first-order chi connectivity index (χ1) is 9.39. The number of rotatable bonds is 2. The highest BCUT2D eigenvalue weighted by molar-refractivity contribution is 5.66. The van der Waals surface area contributed by atoms with Gasteiger partial charge in [-0.2, -0.15) is 5.26 Å². The lowest BCUT2D eigenvalue weighted by atomic mass is 10.0. The molecule has 0 saturated carbocycles. The van der Waals surface area contributed by atoms with Gasteiger partial charge in [-0.25, -0.2) is 0 Å². The highest BCUT2D eigenvalue weighted by Gasteiger charge is 2.30. The van der Waals surface area contributed by atoms with Gasteiger partial charge < -0.3 is 4.74 Å². The highest BCUT2D eigenvalue weighted by Crippen LogP contribution is 2.27. The van der Waals surface area contributed by atoms with E-state index in [1.807, 2.05) is 13.0 Å². The number of ether oxygens (including phenoxy) is 1. The van der Waals surface area contributed by atoms with E-state index in [0.29, 0.717) is 5.56 Å². The number of benzene rings is 2. The van der Waals surface area contributed by atoms with Gasteiger partial charge in [-0.05, 0) is 41.8 Å². The average molecular weight is 277 g/mol. The quantitative estimate of drug-likeness (QED) is 0.813. The molecule has 0 heterocycles. The first kappa shape index (κ1) is 13.9. The molecule has 2 nitrogen and oxygen atoms in total. The molecule has 0 fully saturated rings. The molecule has 0 unspecified atom stereocenters. The van der Waals surface area contributed by atoms with Crippen molar-refractivity contribution in [3.63, 3.8) is 0 Å². The Morgan fingerprint density at radius 3 is 2.10 bits per heavy atom. The maximum absolute atomic E-state index is 12.0. The minimum absolute atomic E-state index is 0.258. The molecule has 0 atom stereocenters. The first-order valence-corrected chi connectivity index (χ1v) is 5.76. The summed E-state index contributed by atoms with van der Waals surface area (Å²) in [5.74, 6) is -0.258. The van der Waals surface area contributed by atoms with E-state index in [9.17, 15) is 13.2 Å². The molecule has 20 heavy (non-hydrogen) atoms. The van der Waals surface area contributed by atoms with Gasteiger partial charge in [-0.1, -0.05) is 24.3 Å². The van der Waals surface area contributed by atoms with Crippen LogP contribution in [0, 0.1) is 18.3 Å². The van der Waals surface area contributed by atoms with Crippen LogP contribution in [0.2, 0.25) is 0 Å². The molecule has 2 aromatic rings. The van der Waals surface area contributed by atoms with Crippen LogP contribution in [0.25, 0.3) is 11.1 Å². The fourth-order valence-corrected chi connectivity index (χ4v) is 1.82. The van der Waals surface area contributed by atoms with E-state index in [0.717, 1.165) is 16.7 Å². The molecule has 0 spiro atoms. The molecule has 0 aliphatic heterocycles. The van der Waals surface area contributed by atoms with Gasteiger partial charge in [0.2, 0.25) is 0 Å². The summed E-state index contributed by atoms with van der Waals surface area (Å²) in [7, 11) is 0. The van der Waals surface area contributed by atoms with Crippen molar-refractivity contribution in [1.29, 1.82) is 5.26 Å². The van der Waals surface area contributed by atoms with Crippen molar-refractivity contribution >= 4 is 0 Å². The molecule has 0 aliphatic rings. The lowest BCUT2D eigenvalue weighted by molar-refractivity contribution is -0.274. The predicted octanol–water partition coefficient (Wildman–Crippen LogP) is 4.43. The number of halogens is 3. The van der Waals surface area contributed by atoms with Gasteiger partial charge in [0, 0.05) is 0 Å². The lowest BCUT2D eigenvalue weighted by Gasteiger charge is -2.09. The minimum Gasteiger partial charge on any atom is -0.406 e. The molecule has 0 aromatic heterocycles. The Morgan fingerprint density at radius 1 is 1.00 bits per heavy atom. The fourth-order valence-electron chi connectivity index (χ4n) is 1.82. The Morgan fingerprint density at radius 2 is 1.60 bits per heavy atom. The van der Waals surface area contributed by atoms with Gasteiger partial charge in [-0.3, -0.25) is 0 Å². The molecule has 0 amide bonds. The Labute approximate surface area is 114 Å². The molecule has 0 bridgehead atoms. The second kappa shape index (κ2) is 5.25. The predicted molar refractivity (Wildman–Crippen MR) is 68.0 cm³/mol. The SMILES string of the molecule is Cc1cc(-c2ccc(OC(F)(F)F)cc2)ccc1C#N. The van der Waals surface area contributed by atoms with Crippen LogP contribution in [0.4, 0.5) is 13.2 Å². The molecule has 102 valence electrons. The van der Waals surface area contributed by atoms with Gasteiger partial charge in [0.05, 0.1) is 11.6 Å². The van der Waals surface area contributed by atoms with Crippen LogP contribution in [-0.2, 0) is 0 Å². The van der Waals surface area contributed by atoms with Crippen LogP contribution in [0.3, 0.4) is 0 Å². The highest BCUT2D eigenvalue weighted by atomic mass is 19.4. The topological polar surface area (TPSA) is 33.0 Å². The van der Waals surface area contributed by atoms with E-state index >= 15 is 0 Å². The summed E-state index contributed by atoms with van der Waals surface area (Å²) < 4.78 is 40.0. The molecular weight excluding hydrogens is 267 g/mol. The summed E-state index contributed by atoms with van der Waals surface area (Å²) in [6, 6.07) is 12.9. The molecule has 0 radical (unpaired) electrons. The second-order valence-corrected chi connectivity index (χ2v) is 4.21. The van der Waals surface area contributed by atoms with E-state index in [2.05, 4.69) is 10.8 Å². The summed E-state index contributed by atoms with van der Waals surface area (Å²) in [4.78, 5) is 0. The summed E-state index contributed by atoms with van der Waals surface area (Å²) >= 11 is 0. The zero-order valence-electron chi connectivity index (χ0n) is 10.5. The summed E-state index contributed by atoms with van der Waals surface area (Å²) in [5, 5.41) is 8.85. The van der Waals surface area contributed by atoms with E-state index in [4.69, 9.17) is 5.26 Å². The van der Waals surface area contributed by atoms with Crippen LogP contribution < -0.4 is 4.74 Å². The maximum atomic E-state index is 12.0. The number of aryl methyl sites for hydroxylation is 1. The number of nitrogens with zero attached hydrogens (tertiary/aromatic N) is 1. The number of alkyl halides is 3. The van der Waals surface area contributed by atoms with Crippen LogP contribution >= 0.6 is 0 Å². The van der Waals surface area contributed by atoms with Crippen molar-refractivity contribution in [2.24, 2.45) is 0 Å². The van der Waals surface area contributed by atoms with E-state index in [1.54, 1.807) is 24.3 Å². The van der Waals surface area contributed by atoms with Crippen molar-refractivity contribution in [3.05, 3.63) is 53.6 Å². The standard InChI is InChI=1S/C15H10F3NO/c1-10-8-12(2-3-13(10)9-19)11-4-6-14(7-5-11)20-15(16,17)18/h2-8H,1H3. The van der Waals surface area contributed by atoms with Crippen molar-refractivity contribution in [2.45, 2.75) is 13.3 Å². The van der Waals surface area contributed by atoms with E-state index in [1.165, 1.54) is 12.1 Å². The molecule has 0 N–H and O–H groups in total. The first-order valence-electron chi connectivity index (χ1n) is 5.76. The lowest BCUT2D eigenvalue weighted by Crippen LogP contribution is -2.16. The van der Waals surface area contributed by atoms with E-state index in [-0.39, 0.29) is 5.75 Å². The van der Waals surface area contributed by atoms with Gasteiger partial charge in [0.1, 0.15) is 5.75 Å². The van der Waals surface area contributed by atoms with Crippen molar-refractivity contribution in [1.82, 2.24) is 0 Å². The normalized spacial score (nSPS) is 10.9. The maximum Gasteiger partial charge on any atom is 0.573 e. The third-order valence-electron chi connectivity index (χ3n) is 2.77. The van der Waals surface area contributed by atoms with Crippen LogP contribution in [0.1, 0.15) is 11.1 Å². The number of nitriles is 1. The van der Waals surface area contributed by atoms with Gasteiger partial charge in [0.25, 0.3) is 0 Å². The Balaban J connectivity index is 2.26. The molecule has 0 aliphatic carbocycles. The second-order valence-electron chi connectivity index (χ2n) is 4.21. The monoisotopic (exact) mass is 277 g/mol. The number of hydrogen-bond donors (Lipinski definition) is 0. The summed E-state index contributed by atoms with van der Waals surface area (Å²) in [6.45, 7) is 1.81. The van der Waals surface area contributed by atoms with Crippen molar-refractivity contribution in [2.75, 3.05) is 0 Å². The third kappa shape index (κ3) is 3.29. The van der Waals surface area contributed by atoms with Crippen LogP contribution in [0.15, 0.2) is 42.5 Å². The third-order valence-corrected chi connectivity index (χ3v) is 2.77.